The summed E-state index contributed by atoms with van der Waals surface area (Å²) in [5.41, 5.74) is 0.648. The molecule has 0 spiro atoms. The van der Waals surface area contributed by atoms with E-state index in [9.17, 15) is 24.3 Å². The van der Waals surface area contributed by atoms with Gasteiger partial charge in [0.1, 0.15) is 18.9 Å². The predicted molar refractivity (Wildman–Crippen MR) is 105 cm³/mol. The number of thioether (sulfide) groups is 1. The molecule has 154 valence electrons. The number of likely N-dealkylation sites (tertiary alicyclic amines) is 1. The van der Waals surface area contributed by atoms with Crippen LogP contribution in [0.4, 0.5) is 4.79 Å². The summed E-state index contributed by atoms with van der Waals surface area (Å²) in [4.78, 5) is 50.7. The first kappa shape index (κ1) is 20.9. The third-order valence-corrected chi connectivity index (χ3v) is 5.57. The molecule has 0 radical (unpaired) electrons. The van der Waals surface area contributed by atoms with Crippen molar-refractivity contribution in [2.45, 2.75) is 25.7 Å². The normalized spacial score (nSPS) is 18.8. The van der Waals surface area contributed by atoms with Gasteiger partial charge in [-0.1, -0.05) is 25.0 Å². The van der Waals surface area contributed by atoms with Crippen LogP contribution in [-0.2, 0) is 14.4 Å². The molecule has 29 heavy (non-hydrogen) atoms. The van der Waals surface area contributed by atoms with Crippen molar-refractivity contribution in [3.05, 3.63) is 34.7 Å². The SMILES string of the molecule is O=C([O-])COc1ccc(/C=C2/SC(=O)N(CC(=O)N3CCCCCC3)C2=O)cc1. The number of carbonyl (C=O) groups is 4. The fourth-order valence-electron chi connectivity index (χ4n) is 3.15. The van der Waals surface area contributed by atoms with E-state index in [1.54, 1.807) is 35.2 Å². The first-order chi connectivity index (χ1) is 13.9. The summed E-state index contributed by atoms with van der Waals surface area (Å²) in [6.07, 6.45) is 5.62. The number of nitrogens with zero attached hydrogens (tertiary/aromatic N) is 2. The Hall–Kier alpha value is -2.81. The van der Waals surface area contributed by atoms with E-state index in [0.717, 1.165) is 42.3 Å². The van der Waals surface area contributed by atoms with Crippen molar-refractivity contribution in [3.8, 4) is 5.75 Å². The Bertz CT molecular complexity index is 828. The number of rotatable bonds is 6. The topological polar surface area (TPSA) is 107 Å². The molecule has 0 atom stereocenters. The van der Waals surface area contributed by atoms with Crippen molar-refractivity contribution in [3.63, 3.8) is 0 Å². The highest BCUT2D eigenvalue weighted by Crippen LogP contribution is 2.32. The van der Waals surface area contributed by atoms with Gasteiger partial charge in [0.2, 0.25) is 5.91 Å². The highest BCUT2D eigenvalue weighted by molar-refractivity contribution is 8.18. The highest BCUT2D eigenvalue weighted by atomic mass is 32.2. The third-order valence-electron chi connectivity index (χ3n) is 4.66. The van der Waals surface area contributed by atoms with Crippen LogP contribution in [0.1, 0.15) is 31.2 Å². The number of carboxylic acid groups (broad SMARTS) is 1. The van der Waals surface area contributed by atoms with E-state index < -0.39 is 23.7 Å². The van der Waals surface area contributed by atoms with E-state index in [0.29, 0.717) is 24.4 Å². The molecular weight excluding hydrogens is 396 g/mol. The van der Waals surface area contributed by atoms with Gasteiger partial charge >= 0.3 is 0 Å². The van der Waals surface area contributed by atoms with Crippen LogP contribution >= 0.6 is 11.8 Å². The number of hydrogen-bond acceptors (Lipinski definition) is 7. The molecule has 1 aromatic rings. The molecule has 2 saturated heterocycles. The first-order valence-electron chi connectivity index (χ1n) is 9.40. The fourth-order valence-corrected chi connectivity index (χ4v) is 3.98. The number of imide groups is 1. The molecule has 2 fully saturated rings. The van der Waals surface area contributed by atoms with Crippen LogP contribution in [-0.4, -0.2) is 59.1 Å². The van der Waals surface area contributed by atoms with E-state index in [1.807, 2.05) is 0 Å². The zero-order chi connectivity index (χ0) is 20.8. The molecule has 0 saturated carbocycles. The van der Waals surface area contributed by atoms with E-state index >= 15 is 0 Å². The minimum Gasteiger partial charge on any atom is -0.546 e. The molecule has 2 aliphatic heterocycles. The van der Waals surface area contributed by atoms with Gasteiger partial charge in [0.15, 0.2) is 0 Å². The molecule has 1 aromatic carbocycles. The van der Waals surface area contributed by atoms with Gasteiger partial charge in [-0.15, -0.1) is 0 Å². The van der Waals surface area contributed by atoms with E-state index in [-0.39, 0.29) is 17.4 Å². The number of aliphatic carboxylic acids is 1. The smallest absolute Gasteiger partial charge is 0.294 e. The maximum absolute atomic E-state index is 12.6. The molecule has 0 bridgehead atoms. The average Bonchev–Trinajstić information content (AvgIpc) is 2.90. The Balaban J connectivity index is 1.63. The van der Waals surface area contributed by atoms with Crippen molar-refractivity contribution in [2.24, 2.45) is 0 Å². The summed E-state index contributed by atoms with van der Waals surface area (Å²) >= 11 is 0.798. The van der Waals surface area contributed by atoms with Crippen molar-refractivity contribution >= 4 is 40.9 Å². The summed E-state index contributed by atoms with van der Waals surface area (Å²) < 4.78 is 5.00. The van der Waals surface area contributed by atoms with E-state index in [2.05, 4.69) is 0 Å². The molecule has 3 rings (SSSR count). The zero-order valence-corrected chi connectivity index (χ0v) is 16.6. The quantitative estimate of drug-likeness (QED) is 0.641. The predicted octanol–water partition coefficient (Wildman–Crippen LogP) is 1.25. The monoisotopic (exact) mass is 417 g/mol. The molecule has 8 nitrogen and oxygen atoms in total. The summed E-state index contributed by atoms with van der Waals surface area (Å²) in [5.74, 6) is -1.66. The lowest BCUT2D eigenvalue weighted by molar-refractivity contribution is -0.307. The van der Waals surface area contributed by atoms with Crippen molar-refractivity contribution in [2.75, 3.05) is 26.2 Å². The van der Waals surface area contributed by atoms with Crippen LogP contribution in [0.15, 0.2) is 29.2 Å². The Labute approximate surface area is 172 Å². The highest BCUT2D eigenvalue weighted by Gasteiger charge is 2.37. The minimum atomic E-state index is -1.32. The molecule has 0 unspecified atom stereocenters. The summed E-state index contributed by atoms with van der Waals surface area (Å²) in [6, 6.07) is 6.39. The maximum Gasteiger partial charge on any atom is 0.294 e. The van der Waals surface area contributed by atoms with Crippen LogP contribution in [0.5, 0.6) is 5.75 Å². The third kappa shape index (κ3) is 5.60. The van der Waals surface area contributed by atoms with Gasteiger partial charge < -0.3 is 19.5 Å². The lowest BCUT2D eigenvalue weighted by Crippen LogP contribution is -2.42. The van der Waals surface area contributed by atoms with Gasteiger partial charge in [0.25, 0.3) is 11.1 Å². The van der Waals surface area contributed by atoms with Gasteiger partial charge in [0, 0.05) is 13.1 Å². The van der Waals surface area contributed by atoms with E-state index in [1.165, 1.54) is 0 Å². The summed E-state index contributed by atoms with van der Waals surface area (Å²) in [5, 5.41) is 9.95. The number of carbonyl (C=O) groups excluding carboxylic acids is 4. The standard InChI is InChI=1S/C20H22N2O6S/c23-17(21-9-3-1-2-4-10-21)12-22-19(26)16(29-20(22)27)11-14-5-7-15(8-6-14)28-13-18(24)25/h5-8,11H,1-4,9-10,12-13H2,(H,24,25)/p-1/b16-11+. The summed E-state index contributed by atoms with van der Waals surface area (Å²) in [6.45, 7) is 0.537. The molecular formula is C20H21N2O6S-. The van der Waals surface area contributed by atoms with Crippen LogP contribution in [0, 0.1) is 0 Å². The Kier molecular flexibility index (Phi) is 6.92. The number of ether oxygens (including phenoxy) is 1. The second kappa shape index (κ2) is 9.60. The van der Waals surface area contributed by atoms with Gasteiger partial charge in [-0.25, -0.2) is 0 Å². The molecule has 3 amide bonds. The van der Waals surface area contributed by atoms with E-state index in [4.69, 9.17) is 4.74 Å². The second-order valence-electron chi connectivity index (χ2n) is 6.79. The van der Waals surface area contributed by atoms with Crippen LogP contribution < -0.4 is 9.84 Å². The molecule has 0 N–H and O–H groups in total. The molecule has 0 aliphatic carbocycles. The lowest BCUT2D eigenvalue weighted by Gasteiger charge is -2.22. The fraction of sp³-hybridized carbons (Fsp3) is 0.400. The van der Waals surface area contributed by atoms with Crippen LogP contribution in [0.2, 0.25) is 0 Å². The number of hydrogen-bond donors (Lipinski definition) is 0. The largest absolute Gasteiger partial charge is 0.546 e. The van der Waals surface area contributed by atoms with Crippen molar-refractivity contribution in [1.29, 1.82) is 0 Å². The minimum absolute atomic E-state index is 0.204. The first-order valence-corrected chi connectivity index (χ1v) is 10.2. The zero-order valence-electron chi connectivity index (χ0n) is 15.8. The Morgan fingerprint density at radius 1 is 1.07 bits per heavy atom. The molecule has 2 aliphatic rings. The molecule has 9 heteroatoms. The second-order valence-corrected chi connectivity index (χ2v) is 7.79. The average molecular weight is 417 g/mol. The van der Waals surface area contributed by atoms with Gasteiger partial charge in [-0.3, -0.25) is 19.3 Å². The van der Waals surface area contributed by atoms with Crippen molar-refractivity contribution < 1.29 is 29.0 Å². The van der Waals surface area contributed by atoms with Crippen molar-refractivity contribution in [1.82, 2.24) is 9.80 Å². The number of benzene rings is 1. The lowest BCUT2D eigenvalue weighted by atomic mass is 10.2. The molecule has 0 aromatic heterocycles. The van der Waals surface area contributed by atoms with Gasteiger partial charge in [-0.2, -0.15) is 0 Å². The molecule has 2 heterocycles. The Morgan fingerprint density at radius 2 is 1.72 bits per heavy atom. The number of carboxylic acids is 1. The van der Waals surface area contributed by atoms with Crippen LogP contribution in [0.3, 0.4) is 0 Å². The maximum atomic E-state index is 12.6. The number of amides is 3. The summed E-state index contributed by atoms with van der Waals surface area (Å²) in [7, 11) is 0. The Morgan fingerprint density at radius 3 is 2.34 bits per heavy atom. The van der Waals surface area contributed by atoms with Gasteiger partial charge in [0.05, 0.1) is 10.9 Å². The van der Waals surface area contributed by atoms with Crippen LogP contribution in [0.25, 0.3) is 6.08 Å². The van der Waals surface area contributed by atoms with Gasteiger partial charge in [-0.05, 0) is 48.4 Å².